The van der Waals surface area contributed by atoms with E-state index in [9.17, 15) is 4.79 Å². The molecule has 0 aromatic heterocycles. The van der Waals surface area contributed by atoms with E-state index in [1.807, 2.05) is 48.5 Å². The molecule has 0 unspecified atom stereocenters. The molecule has 0 fully saturated rings. The Bertz CT molecular complexity index is 564. The molecule has 0 N–H and O–H groups in total. The Labute approximate surface area is 118 Å². The average molecular weight is 275 g/mol. The molecule has 2 rings (SSSR count). The van der Waals surface area contributed by atoms with E-state index in [0.717, 1.165) is 11.1 Å². The van der Waals surface area contributed by atoms with E-state index >= 15 is 0 Å². The third kappa shape index (κ3) is 3.36. The monoisotopic (exact) mass is 274 g/mol. The number of carbonyl (C=O) groups is 1. The van der Waals surface area contributed by atoms with Crippen molar-refractivity contribution < 1.29 is 9.53 Å². The maximum absolute atomic E-state index is 12.0. The summed E-state index contributed by atoms with van der Waals surface area (Å²) in [4.78, 5) is 12.0. The van der Waals surface area contributed by atoms with E-state index < -0.39 is 0 Å². The van der Waals surface area contributed by atoms with Gasteiger partial charge in [-0.15, -0.1) is 0 Å². The molecule has 2 nitrogen and oxygen atoms in total. The van der Waals surface area contributed by atoms with Crippen LogP contribution in [0.25, 0.3) is 0 Å². The fourth-order valence-electron chi connectivity index (χ4n) is 1.92. The predicted octanol–water partition coefficient (Wildman–Crippen LogP) is 4.16. The Morgan fingerprint density at radius 1 is 1.11 bits per heavy atom. The van der Waals surface area contributed by atoms with E-state index in [1.165, 1.54) is 0 Å². The largest absolute Gasteiger partial charge is 0.495 e. The van der Waals surface area contributed by atoms with Gasteiger partial charge >= 0.3 is 0 Å². The molecule has 0 bridgehead atoms. The first-order valence-electron chi connectivity index (χ1n) is 6.12. The second-order valence-corrected chi connectivity index (χ2v) is 4.60. The Morgan fingerprint density at radius 3 is 2.53 bits per heavy atom. The Kier molecular flexibility index (Phi) is 4.58. The minimum atomic E-state index is 0.125. The van der Waals surface area contributed by atoms with Crippen LogP contribution in [-0.2, 0) is 6.42 Å². The molecular weight excluding hydrogens is 260 g/mol. The highest BCUT2D eigenvalue weighted by Gasteiger charge is 2.09. The molecular formula is C16H15ClO2. The Morgan fingerprint density at radius 2 is 1.84 bits per heavy atom. The van der Waals surface area contributed by atoms with Crippen molar-refractivity contribution in [3.05, 3.63) is 64.7 Å². The van der Waals surface area contributed by atoms with E-state index in [2.05, 4.69) is 0 Å². The fourth-order valence-corrected chi connectivity index (χ4v) is 2.22. The second kappa shape index (κ2) is 6.39. The number of halogens is 1. The van der Waals surface area contributed by atoms with Crippen LogP contribution in [0.2, 0.25) is 5.02 Å². The summed E-state index contributed by atoms with van der Waals surface area (Å²) in [6, 6.07) is 14.9. The summed E-state index contributed by atoms with van der Waals surface area (Å²) in [5.41, 5.74) is 1.67. The molecule has 0 amide bonds. The Hall–Kier alpha value is -1.80. The number of carbonyl (C=O) groups excluding carboxylic acids is 1. The molecule has 0 aliphatic rings. The number of ether oxygens (including phenoxy) is 1. The smallest absolute Gasteiger partial charge is 0.163 e. The van der Waals surface area contributed by atoms with Crippen molar-refractivity contribution in [2.24, 2.45) is 0 Å². The zero-order valence-corrected chi connectivity index (χ0v) is 11.5. The lowest BCUT2D eigenvalue weighted by Crippen LogP contribution is -2.01. The molecule has 2 aromatic rings. The molecule has 2 aromatic carbocycles. The van der Waals surface area contributed by atoms with Crippen LogP contribution in [0.15, 0.2) is 48.5 Å². The first kappa shape index (κ1) is 13.6. The summed E-state index contributed by atoms with van der Waals surface area (Å²) in [5, 5.41) is 0.589. The highest BCUT2D eigenvalue weighted by Crippen LogP contribution is 2.28. The number of ketones is 1. The number of aryl methyl sites for hydroxylation is 1. The van der Waals surface area contributed by atoms with Gasteiger partial charge in [-0.2, -0.15) is 0 Å². The molecule has 0 aliphatic carbocycles. The molecule has 0 saturated carbocycles. The minimum absolute atomic E-state index is 0.125. The third-order valence-electron chi connectivity index (χ3n) is 2.98. The van der Waals surface area contributed by atoms with Crippen LogP contribution in [0, 0.1) is 0 Å². The SMILES string of the molecule is COc1cccc(CCC(=O)c2ccccc2)c1Cl. The average Bonchev–Trinajstić information content (AvgIpc) is 2.47. The van der Waals surface area contributed by atoms with Gasteiger partial charge in [0.1, 0.15) is 5.75 Å². The zero-order valence-electron chi connectivity index (χ0n) is 10.7. The second-order valence-electron chi connectivity index (χ2n) is 4.22. The number of hydrogen-bond acceptors (Lipinski definition) is 2. The molecule has 0 heterocycles. The van der Waals surface area contributed by atoms with Crippen molar-refractivity contribution in [2.45, 2.75) is 12.8 Å². The van der Waals surface area contributed by atoms with E-state index in [0.29, 0.717) is 23.6 Å². The quantitative estimate of drug-likeness (QED) is 0.765. The van der Waals surface area contributed by atoms with Crippen molar-refractivity contribution in [1.82, 2.24) is 0 Å². The number of methoxy groups -OCH3 is 1. The van der Waals surface area contributed by atoms with Crippen molar-refractivity contribution in [1.29, 1.82) is 0 Å². The van der Waals surface area contributed by atoms with Crippen molar-refractivity contribution in [3.63, 3.8) is 0 Å². The molecule has 0 radical (unpaired) electrons. The van der Waals surface area contributed by atoms with Gasteiger partial charge in [0.05, 0.1) is 12.1 Å². The van der Waals surface area contributed by atoms with Gasteiger partial charge in [-0.1, -0.05) is 54.1 Å². The summed E-state index contributed by atoms with van der Waals surface area (Å²) in [7, 11) is 1.58. The topological polar surface area (TPSA) is 26.3 Å². The molecule has 0 aliphatic heterocycles. The lowest BCUT2D eigenvalue weighted by Gasteiger charge is -2.08. The van der Waals surface area contributed by atoms with E-state index in [1.54, 1.807) is 7.11 Å². The van der Waals surface area contributed by atoms with Crippen LogP contribution in [0.4, 0.5) is 0 Å². The maximum atomic E-state index is 12.0. The molecule has 0 spiro atoms. The van der Waals surface area contributed by atoms with Crippen LogP contribution >= 0.6 is 11.6 Å². The lowest BCUT2D eigenvalue weighted by atomic mass is 10.0. The van der Waals surface area contributed by atoms with Crippen molar-refractivity contribution in [2.75, 3.05) is 7.11 Å². The van der Waals surface area contributed by atoms with E-state index in [-0.39, 0.29) is 5.78 Å². The number of Topliss-reactive ketones (excluding diaryl/α,β-unsaturated/α-hetero) is 1. The fraction of sp³-hybridized carbons (Fsp3) is 0.188. The first-order valence-corrected chi connectivity index (χ1v) is 6.50. The van der Waals surface area contributed by atoms with Crippen molar-refractivity contribution >= 4 is 17.4 Å². The highest BCUT2D eigenvalue weighted by atomic mass is 35.5. The van der Waals surface area contributed by atoms with Gasteiger partial charge < -0.3 is 4.74 Å². The van der Waals surface area contributed by atoms with Crippen LogP contribution in [0.5, 0.6) is 5.75 Å². The minimum Gasteiger partial charge on any atom is -0.495 e. The Balaban J connectivity index is 2.05. The maximum Gasteiger partial charge on any atom is 0.163 e. The molecule has 0 atom stereocenters. The summed E-state index contributed by atoms with van der Waals surface area (Å²) in [6.45, 7) is 0. The summed E-state index contributed by atoms with van der Waals surface area (Å²) in [6.07, 6.45) is 1.06. The highest BCUT2D eigenvalue weighted by molar-refractivity contribution is 6.32. The normalized spacial score (nSPS) is 10.2. The standard InChI is InChI=1S/C16H15ClO2/c1-19-15-9-5-8-13(16(15)17)10-11-14(18)12-6-3-2-4-7-12/h2-9H,10-11H2,1H3. The summed E-state index contributed by atoms with van der Waals surface area (Å²) in [5.74, 6) is 0.769. The van der Waals surface area contributed by atoms with Crippen LogP contribution in [0.3, 0.4) is 0 Å². The molecule has 0 saturated heterocycles. The van der Waals surface area contributed by atoms with Gasteiger partial charge in [0.2, 0.25) is 0 Å². The van der Waals surface area contributed by atoms with Gasteiger partial charge in [-0.05, 0) is 18.1 Å². The number of rotatable bonds is 5. The van der Waals surface area contributed by atoms with Gasteiger partial charge in [-0.3, -0.25) is 4.79 Å². The zero-order chi connectivity index (χ0) is 13.7. The molecule has 3 heteroatoms. The third-order valence-corrected chi connectivity index (χ3v) is 3.41. The van der Waals surface area contributed by atoms with Crippen molar-refractivity contribution in [3.8, 4) is 5.75 Å². The van der Waals surface area contributed by atoms with E-state index in [4.69, 9.17) is 16.3 Å². The van der Waals surface area contributed by atoms with Gasteiger partial charge in [0.25, 0.3) is 0 Å². The predicted molar refractivity (Wildman–Crippen MR) is 77.1 cm³/mol. The lowest BCUT2D eigenvalue weighted by molar-refractivity contribution is 0.0983. The van der Waals surface area contributed by atoms with Crippen LogP contribution in [0.1, 0.15) is 22.3 Å². The van der Waals surface area contributed by atoms with Gasteiger partial charge in [0, 0.05) is 12.0 Å². The van der Waals surface area contributed by atoms with Crippen LogP contribution < -0.4 is 4.74 Å². The molecule has 19 heavy (non-hydrogen) atoms. The van der Waals surface area contributed by atoms with Gasteiger partial charge in [-0.25, -0.2) is 0 Å². The number of hydrogen-bond donors (Lipinski definition) is 0. The first-order chi connectivity index (χ1) is 9.22. The van der Waals surface area contributed by atoms with Crippen LogP contribution in [-0.4, -0.2) is 12.9 Å². The summed E-state index contributed by atoms with van der Waals surface area (Å²) >= 11 is 6.20. The number of benzene rings is 2. The molecule has 98 valence electrons. The van der Waals surface area contributed by atoms with Gasteiger partial charge in [0.15, 0.2) is 5.78 Å². The summed E-state index contributed by atoms with van der Waals surface area (Å²) < 4.78 is 5.16.